The molecule has 1 aromatic carbocycles. The molecule has 2 heterocycles. The van der Waals surface area contributed by atoms with Crippen molar-refractivity contribution in [2.24, 2.45) is 0 Å². The lowest BCUT2D eigenvalue weighted by Gasteiger charge is -2.10. The highest BCUT2D eigenvalue weighted by molar-refractivity contribution is 7.12. The minimum absolute atomic E-state index is 0.0647. The molecule has 0 aliphatic heterocycles. The summed E-state index contributed by atoms with van der Waals surface area (Å²) in [4.78, 5) is 25.1. The van der Waals surface area contributed by atoms with Gasteiger partial charge in [-0.05, 0) is 42.0 Å². The second-order valence-corrected chi connectivity index (χ2v) is 6.49. The van der Waals surface area contributed by atoms with E-state index in [9.17, 15) is 4.79 Å². The first-order valence-corrected chi connectivity index (χ1v) is 9.01. The first-order chi connectivity index (χ1) is 12.6. The van der Waals surface area contributed by atoms with Gasteiger partial charge in [-0.15, -0.1) is 11.3 Å². The number of aromatic nitrogens is 3. The quantitative estimate of drug-likeness (QED) is 0.641. The normalized spacial score (nSPS) is 10.5. The summed E-state index contributed by atoms with van der Waals surface area (Å²) in [6.45, 7) is 3.86. The molecular formula is C18H19N5O2S. The molecule has 3 N–H and O–H groups in total. The van der Waals surface area contributed by atoms with Crippen LogP contribution in [0.5, 0.6) is 0 Å². The number of carbonyl (C=O) groups is 1. The Morgan fingerprint density at radius 1 is 1.23 bits per heavy atom. The molecule has 0 fully saturated rings. The van der Waals surface area contributed by atoms with E-state index in [0.29, 0.717) is 10.8 Å². The fourth-order valence-electron chi connectivity index (χ4n) is 2.41. The van der Waals surface area contributed by atoms with Crippen molar-refractivity contribution in [3.8, 4) is 0 Å². The molecule has 7 nitrogen and oxygen atoms in total. The van der Waals surface area contributed by atoms with E-state index in [-0.39, 0.29) is 18.4 Å². The fourth-order valence-corrected chi connectivity index (χ4v) is 3.22. The Morgan fingerprint density at radius 3 is 2.77 bits per heavy atom. The molecule has 3 aromatic rings. The Hall–Kier alpha value is -3.00. The summed E-state index contributed by atoms with van der Waals surface area (Å²) in [5.41, 5.74) is 8.68. The van der Waals surface area contributed by atoms with Crippen LogP contribution < -0.4 is 11.1 Å². The minimum Gasteiger partial charge on any atom is -0.453 e. The molecule has 2 aromatic heterocycles. The second kappa shape index (κ2) is 7.92. The maximum absolute atomic E-state index is 12.1. The van der Waals surface area contributed by atoms with Gasteiger partial charge in [0.15, 0.2) is 12.4 Å². The van der Waals surface area contributed by atoms with Crippen molar-refractivity contribution >= 4 is 34.9 Å². The average Bonchev–Trinajstić information content (AvgIpc) is 3.06. The van der Waals surface area contributed by atoms with Crippen molar-refractivity contribution in [3.63, 3.8) is 0 Å². The smallest absolute Gasteiger partial charge is 0.349 e. The number of nitrogens with two attached hydrogens (primary N) is 1. The topological polar surface area (TPSA) is 103 Å². The number of hydrogen-bond acceptors (Lipinski definition) is 8. The van der Waals surface area contributed by atoms with Gasteiger partial charge in [-0.3, -0.25) is 0 Å². The van der Waals surface area contributed by atoms with E-state index in [4.69, 9.17) is 10.5 Å². The number of anilines is 3. The lowest BCUT2D eigenvalue weighted by Crippen LogP contribution is -2.11. The molecule has 0 radical (unpaired) electrons. The number of nitrogens with one attached hydrogen (secondary N) is 1. The highest BCUT2D eigenvalue weighted by Crippen LogP contribution is 2.20. The number of esters is 1. The maximum atomic E-state index is 12.1. The van der Waals surface area contributed by atoms with Crippen LogP contribution in [0.15, 0.2) is 35.7 Å². The van der Waals surface area contributed by atoms with Crippen molar-refractivity contribution in [3.05, 3.63) is 57.5 Å². The molecule has 0 bridgehead atoms. The van der Waals surface area contributed by atoms with E-state index in [1.807, 2.05) is 42.6 Å². The number of thiophene rings is 1. The van der Waals surface area contributed by atoms with E-state index in [1.165, 1.54) is 11.3 Å². The van der Waals surface area contributed by atoms with Gasteiger partial charge in [-0.1, -0.05) is 25.1 Å². The van der Waals surface area contributed by atoms with Crippen LogP contribution in [-0.4, -0.2) is 20.9 Å². The SMILES string of the molecule is CCc1ccccc1Nc1nc(N)nc(COC(=O)c2sccc2C)n1. The largest absolute Gasteiger partial charge is 0.453 e. The fraction of sp³-hybridized carbons (Fsp3) is 0.222. The van der Waals surface area contributed by atoms with Gasteiger partial charge in [-0.2, -0.15) is 15.0 Å². The predicted octanol–water partition coefficient (Wildman–Crippen LogP) is 3.49. The summed E-state index contributed by atoms with van der Waals surface area (Å²) in [5, 5.41) is 5.00. The van der Waals surface area contributed by atoms with Gasteiger partial charge in [0.05, 0.1) is 0 Å². The second-order valence-electron chi connectivity index (χ2n) is 5.58. The maximum Gasteiger partial charge on any atom is 0.349 e. The van der Waals surface area contributed by atoms with Crippen LogP contribution >= 0.6 is 11.3 Å². The number of aryl methyl sites for hydroxylation is 2. The number of carbonyl (C=O) groups excluding carboxylic acids is 1. The summed E-state index contributed by atoms with van der Waals surface area (Å²) in [7, 11) is 0. The number of benzene rings is 1. The summed E-state index contributed by atoms with van der Waals surface area (Å²) >= 11 is 1.34. The van der Waals surface area contributed by atoms with Crippen LogP contribution in [-0.2, 0) is 17.8 Å². The van der Waals surface area contributed by atoms with Crippen LogP contribution in [0.4, 0.5) is 17.6 Å². The Kier molecular flexibility index (Phi) is 5.43. The molecule has 0 unspecified atom stereocenters. The molecule has 0 aliphatic carbocycles. The first kappa shape index (κ1) is 17.8. The third kappa shape index (κ3) is 4.15. The number of hydrogen-bond donors (Lipinski definition) is 2. The van der Waals surface area contributed by atoms with E-state index in [0.717, 1.165) is 23.2 Å². The molecular weight excluding hydrogens is 350 g/mol. The molecule has 3 rings (SSSR count). The zero-order valence-electron chi connectivity index (χ0n) is 14.5. The van der Waals surface area contributed by atoms with Crippen molar-refractivity contribution in [1.82, 2.24) is 15.0 Å². The molecule has 0 aliphatic rings. The van der Waals surface area contributed by atoms with Gasteiger partial charge in [0.25, 0.3) is 0 Å². The van der Waals surface area contributed by atoms with Gasteiger partial charge in [0.1, 0.15) is 4.88 Å². The number of rotatable bonds is 6. The van der Waals surface area contributed by atoms with Gasteiger partial charge in [0.2, 0.25) is 11.9 Å². The lowest BCUT2D eigenvalue weighted by atomic mass is 10.1. The van der Waals surface area contributed by atoms with Crippen molar-refractivity contribution in [1.29, 1.82) is 0 Å². The predicted molar refractivity (Wildman–Crippen MR) is 102 cm³/mol. The van der Waals surface area contributed by atoms with E-state index in [1.54, 1.807) is 0 Å². The van der Waals surface area contributed by atoms with Crippen molar-refractivity contribution in [2.45, 2.75) is 26.9 Å². The molecule has 8 heteroatoms. The van der Waals surface area contributed by atoms with Crippen LogP contribution in [0.25, 0.3) is 0 Å². The van der Waals surface area contributed by atoms with Gasteiger partial charge < -0.3 is 15.8 Å². The summed E-state index contributed by atoms with van der Waals surface area (Å²) in [6, 6.07) is 9.74. The van der Waals surface area contributed by atoms with Crippen molar-refractivity contribution in [2.75, 3.05) is 11.1 Å². The summed E-state index contributed by atoms with van der Waals surface area (Å²) in [6.07, 6.45) is 0.869. The standard InChI is InChI=1S/C18H19N5O2S/c1-3-12-6-4-5-7-13(12)20-18-22-14(21-17(19)23-18)10-25-16(24)15-11(2)8-9-26-15/h4-9H,3,10H2,1-2H3,(H3,19,20,21,22,23). The molecule has 26 heavy (non-hydrogen) atoms. The Balaban J connectivity index is 1.73. The highest BCUT2D eigenvalue weighted by Gasteiger charge is 2.14. The van der Waals surface area contributed by atoms with E-state index < -0.39 is 5.97 Å². The highest BCUT2D eigenvalue weighted by atomic mass is 32.1. The number of para-hydroxylation sites is 1. The van der Waals surface area contributed by atoms with E-state index in [2.05, 4.69) is 27.2 Å². The monoisotopic (exact) mass is 369 g/mol. The average molecular weight is 369 g/mol. The van der Waals surface area contributed by atoms with Crippen LogP contribution in [0.3, 0.4) is 0 Å². The van der Waals surface area contributed by atoms with Crippen molar-refractivity contribution < 1.29 is 9.53 Å². The Bertz CT molecular complexity index is 925. The zero-order chi connectivity index (χ0) is 18.5. The third-order valence-electron chi connectivity index (χ3n) is 3.72. The Labute approximate surface area is 155 Å². The summed E-state index contributed by atoms with van der Waals surface area (Å²) in [5.74, 6) is 0.269. The third-order valence-corrected chi connectivity index (χ3v) is 4.72. The minimum atomic E-state index is -0.401. The van der Waals surface area contributed by atoms with Gasteiger partial charge >= 0.3 is 5.97 Å². The molecule has 0 amide bonds. The first-order valence-electron chi connectivity index (χ1n) is 8.13. The molecule has 0 atom stereocenters. The molecule has 134 valence electrons. The lowest BCUT2D eigenvalue weighted by molar-refractivity contribution is 0.0467. The number of nitrogen functional groups attached to an aromatic ring is 1. The van der Waals surface area contributed by atoms with Gasteiger partial charge in [-0.25, -0.2) is 4.79 Å². The number of nitrogens with zero attached hydrogens (tertiary/aromatic N) is 3. The van der Waals surface area contributed by atoms with Crippen LogP contribution in [0.2, 0.25) is 0 Å². The molecule has 0 saturated heterocycles. The van der Waals surface area contributed by atoms with Crippen LogP contribution in [0, 0.1) is 6.92 Å². The molecule has 0 spiro atoms. The summed E-state index contributed by atoms with van der Waals surface area (Å²) < 4.78 is 5.29. The molecule has 0 saturated carbocycles. The van der Waals surface area contributed by atoms with Gasteiger partial charge in [0, 0.05) is 5.69 Å². The number of ether oxygens (including phenoxy) is 1. The zero-order valence-corrected chi connectivity index (χ0v) is 15.3. The van der Waals surface area contributed by atoms with E-state index >= 15 is 0 Å². The van der Waals surface area contributed by atoms with Crippen LogP contribution in [0.1, 0.15) is 33.5 Å². The Morgan fingerprint density at radius 2 is 2.04 bits per heavy atom.